The van der Waals surface area contributed by atoms with Gasteiger partial charge in [0.05, 0.1) is 6.54 Å². The van der Waals surface area contributed by atoms with E-state index in [4.69, 9.17) is 0 Å². The summed E-state index contributed by atoms with van der Waals surface area (Å²) in [5.41, 5.74) is 0. The normalized spacial score (nSPS) is 29.9. The van der Waals surface area contributed by atoms with Crippen molar-refractivity contribution in [2.75, 3.05) is 26.7 Å². The molecule has 1 aliphatic heterocycles. The Hall–Kier alpha value is -0.910. The first-order valence-electron chi connectivity index (χ1n) is 6.59. The number of guanidine groups is 1. The minimum Gasteiger partial charge on any atom is -0.352 e. The number of alkyl halides is 2. The van der Waals surface area contributed by atoms with Crippen LogP contribution in [0.25, 0.3) is 0 Å². The Morgan fingerprint density at radius 3 is 2.67 bits per heavy atom. The quantitative estimate of drug-likeness (QED) is 0.583. The van der Waals surface area contributed by atoms with Gasteiger partial charge in [-0.05, 0) is 18.8 Å². The van der Waals surface area contributed by atoms with Gasteiger partial charge >= 0.3 is 0 Å². The molecule has 6 heteroatoms. The van der Waals surface area contributed by atoms with Gasteiger partial charge in [-0.3, -0.25) is 9.89 Å². The predicted octanol–water partition coefficient (Wildman–Crippen LogP) is 0.899. The lowest BCUT2D eigenvalue weighted by Gasteiger charge is -2.20. The Bertz CT molecular complexity index is 304. The zero-order valence-electron chi connectivity index (χ0n) is 11.0. The number of aliphatic imine (C=N–C) groups is 1. The number of rotatable bonds is 4. The molecule has 1 saturated heterocycles. The van der Waals surface area contributed by atoms with Crippen molar-refractivity contribution in [1.29, 1.82) is 0 Å². The molecule has 0 aromatic heterocycles. The van der Waals surface area contributed by atoms with Gasteiger partial charge in [0.1, 0.15) is 0 Å². The van der Waals surface area contributed by atoms with Crippen LogP contribution in [0.5, 0.6) is 0 Å². The third-order valence-corrected chi connectivity index (χ3v) is 3.67. The summed E-state index contributed by atoms with van der Waals surface area (Å²) in [5.74, 6) is 1.00. The minimum atomic E-state index is -2.35. The Morgan fingerprint density at radius 2 is 2.11 bits per heavy atom. The summed E-state index contributed by atoms with van der Waals surface area (Å²) in [7, 11) is 1.61. The molecule has 104 valence electrons. The van der Waals surface area contributed by atoms with Crippen molar-refractivity contribution >= 4 is 5.96 Å². The summed E-state index contributed by atoms with van der Waals surface area (Å²) < 4.78 is 24.3. The Morgan fingerprint density at radius 1 is 1.39 bits per heavy atom. The van der Waals surface area contributed by atoms with Gasteiger partial charge in [0, 0.05) is 32.2 Å². The molecule has 0 bridgehead atoms. The lowest BCUT2D eigenvalue weighted by molar-refractivity contribution is 0.152. The fourth-order valence-corrected chi connectivity index (χ4v) is 2.47. The third-order valence-electron chi connectivity index (χ3n) is 3.67. The smallest absolute Gasteiger partial charge is 0.255 e. The summed E-state index contributed by atoms with van der Waals surface area (Å²) in [6.45, 7) is 3.92. The van der Waals surface area contributed by atoms with Crippen LogP contribution in [0, 0.1) is 5.92 Å². The highest BCUT2D eigenvalue weighted by atomic mass is 19.3. The molecule has 0 radical (unpaired) electrons. The van der Waals surface area contributed by atoms with E-state index in [0.717, 1.165) is 19.1 Å². The van der Waals surface area contributed by atoms with Gasteiger partial charge in [-0.1, -0.05) is 6.92 Å². The molecule has 1 aliphatic carbocycles. The average Bonchev–Trinajstić information content (AvgIpc) is 3.10. The topological polar surface area (TPSA) is 39.7 Å². The Labute approximate surface area is 107 Å². The maximum absolute atomic E-state index is 12.1. The van der Waals surface area contributed by atoms with Crippen LogP contribution < -0.4 is 10.6 Å². The molecule has 2 unspecified atom stereocenters. The van der Waals surface area contributed by atoms with Crippen LogP contribution in [-0.4, -0.2) is 56.1 Å². The van der Waals surface area contributed by atoms with Crippen LogP contribution in [0.15, 0.2) is 4.99 Å². The molecule has 2 fully saturated rings. The van der Waals surface area contributed by atoms with Crippen molar-refractivity contribution in [3.63, 3.8) is 0 Å². The molecule has 0 amide bonds. The zero-order chi connectivity index (χ0) is 13.1. The van der Waals surface area contributed by atoms with Gasteiger partial charge in [-0.15, -0.1) is 0 Å². The lowest BCUT2D eigenvalue weighted by atomic mass is 10.1. The second kappa shape index (κ2) is 5.82. The molecule has 18 heavy (non-hydrogen) atoms. The Balaban J connectivity index is 1.80. The first-order valence-corrected chi connectivity index (χ1v) is 6.59. The SMILES string of the molecule is CN=C(NCC(F)F)NC1CN(C2CC2)CC1C. The molecule has 2 aliphatic rings. The van der Waals surface area contributed by atoms with Gasteiger partial charge in [0.15, 0.2) is 5.96 Å². The second-order valence-corrected chi connectivity index (χ2v) is 5.26. The highest BCUT2D eigenvalue weighted by Crippen LogP contribution is 2.31. The average molecular weight is 260 g/mol. The molecule has 0 spiro atoms. The third kappa shape index (κ3) is 3.54. The van der Waals surface area contributed by atoms with Crippen molar-refractivity contribution in [2.24, 2.45) is 10.9 Å². The van der Waals surface area contributed by atoms with E-state index < -0.39 is 6.43 Å². The highest BCUT2D eigenvalue weighted by Gasteiger charge is 2.38. The van der Waals surface area contributed by atoms with Crippen LogP contribution in [0.1, 0.15) is 19.8 Å². The van der Waals surface area contributed by atoms with Crippen molar-refractivity contribution in [1.82, 2.24) is 15.5 Å². The molecular weight excluding hydrogens is 238 g/mol. The standard InChI is InChI=1S/C12H22F2N4/c1-8-6-18(9-3-4-9)7-10(8)17-12(15-2)16-5-11(13)14/h8-11H,3-7H2,1-2H3,(H2,15,16,17). The van der Waals surface area contributed by atoms with E-state index in [9.17, 15) is 8.78 Å². The van der Waals surface area contributed by atoms with E-state index in [1.807, 2.05) is 0 Å². The first-order chi connectivity index (χ1) is 8.60. The molecule has 0 aromatic rings. The van der Waals surface area contributed by atoms with Crippen molar-refractivity contribution in [3.8, 4) is 0 Å². The maximum atomic E-state index is 12.1. The van der Waals surface area contributed by atoms with Crippen LogP contribution in [0.4, 0.5) is 8.78 Å². The van der Waals surface area contributed by atoms with E-state index >= 15 is 0 Å². The highest BCUT2D eigenvalue weighted by molar-refractivity contribution is 5.80. The summed E-state index contributed by atoms with van der Waals surface area (Å²) in [4.78, 5) is 6.47. The lowest BCUT2D eigenvalue weighted by Crippen LogP contribution is -2.47. The largest absolute Gasteiger partial charge is 0.352 e. The van der Waals surface area contributed by atoms with Crippen LogP contribution in [0.2, 0.25) is 0 Å². The maximum Gasteiger partial charge on any atom is 0.255 e. The molecule has 4 nitrogen and oxygen atoms in total. The summed E-state index contributed by atoms with van der Waals surface area (Å²) in [6.07, 6.45) is 0.253. The van der Waals surface area contributed by atoms with Gasteiger partial charge in [0.25, 0.3) is 6.43 Å². The van der Waals surface area contributed by atoms with Crippen LogP contribution in [-0.2, 0) is 0 Å². The second-order valence-electron chi connectivity index (χ2n) is 5.26. The number of nitrogens with zero attached hydrogens (tertiary/aromatic N) is 2. The van der Waals surface area contributed by atoms with Crippen molar-refractivity contribution in [2.45, 2.75) is 38.3 Å². The summed E-state index contributed by atoms with van der Waals surface area (Å²) in [6, 6.07) is 1.06. The molecule has 1 saturated carbocycles. The van der Waals surface area contributed by atoms with Gasteiger partial charge in [-0.2, -0.15) is 0 Å². The number of hydrogen-bond acceptors (Lipinski definition) is 2. The first kappa shape index (κ1) is 13.5. The minimum absolute atomic E-state index is 0.300. The molecule has 0 aromatic carbocycles. The monoisotopic (exact) mass is 260 g/mol. The molecule has 1 heterocycles. The summed E-state index contributed by atoms with van der Waals surface area (Å²) >= 11 is 0. The van der Waals surface area contributed by atoms with Crippen LogP contribution >= 0.6 is 0 Å². The number of likely N-dealkylation sites (tertiary alicyclic amines) is 1. The van der Waals surface area contributed by atoms with E-state index in [0.29, 0.717) is 17.9 Å². The van der Waals surface area contributed by atoms with Gasteiger partial charge in [-0.25, -0.2) is 8.78 Å². The van der Waals surface area contributed by atoms with E-state index in [1.54, 1.807) is 7.05 Å². The van der Waals surface area contributed by atoms with E-state index in [2.05, 4.69) is 27.4 Å². The van der Waals surface area contributed by atoms with Gasteiger partial charge < -0.3 is 10.6 Å². The molecule has 2 rings (SSSR count). The molecule has 2 N–H and O–H groups in total. The van der Waals surface area contributed by atoms with E-state index in [-0.39, 0.29) is 6.54 Å². The van der Waals surface area contributed by atoms with Crippen molar-refractivity contribution in [3.05, 3.63) is 0 Å². The van der Waals surface area contributed by atoms with E-state index in [1.165, 1.54) is 12.8 Å². The number of nitrogens with one attached hydrogen (secondary N) is 2. The molecule has 2 atom stereocenters. The zero-order valence-corrected chi connectivity index (χ0v) is 11.0. The fraction of sp³-hybridized carbons (Fsp3) is 0.917. The van der Waals surface area contributed by atoms with Crippen LogP contribution in [0.3, 0.4) is 0 Å². The molecular formula is C12H22F2N4. The Kier molecular flexibility index (Phi) is 4.37. The summed E-state index contributed by atoms with van der Waals surface area (Å²) in [5, 5.41) is 5.89. The van der Waals surface area contributed by atoms with Crippen molar-refractivity contribution < 1.29 is 8.78 Å². The number of halogens is 2. The number of hydrogen-bond donors (Lipinski definition) is 2. The predicted molar refractivity (Wildman–Crippen MR) is 68.0 cm³/mol. The van der Waals surface area contributed by atoms with Gasteiger partial charge in [0.2, 0.25) is 0 Å². The fourth-order valence-electron chi connectivity index (χ4n) is 2.47.